The lowest BCUT2D eigenvalue weighted by Gasteiger charge is -2.44. The Labute approximate surface area is 138 Å². The molecule has 0 saturated heterocycles. The number of aliphatic hydroxyl groups is 1. The SMILES string of the molecule is C[C@@H]([C@H](O)c1ccccc1)N(N=O)[C@@H]1C[C@H]2CC[C@]1(C)C2(C)C. The van der Waals surface area contributed by atoms with Crippen molar-refractivity contribution in [3.8, 4) is 0 Å². The zero-order valence-corrected chi connectivity index (χ0v) is 14.6. The number of hydrogen-bond acceptors (Lipinski definition) is 3. The Morgan fingerprint density at radius 2 is 1.91 bits per heavy atom. The minimum absolute atomic E-state index is 0.0796. The summed E-state index contributed by atoms with van der Waals surface area (Å²) in [5, 5.41) is 15.7. The van der Waals surface area contributed by atoms with E-state index in [0.29, 0.717) is 5.92 Å². The van der Waals surface area contributed by atoms with Crippen LogP contribution in [-0.2, 0) is 0 Å². The molecule has 1 aromatic rings. The van der Waals surface area contributed by atoms with Crippen molar-refractivity contribution in [1.29, 1.82) is 0 Å². The first-order valence-corrected chi connectivity index (χ1v) is 8.67. The van der Waals surface area contributed by atoms with E-state index in [1.54, 1.807) is 5.01 Å². The van der Waals surface area contributed by atoms with Crippen molar-refractivity contribution < 1.29 is 5.11 Å². The molecule has 2 aliphatic carbocycles. The molecule has 2 fully saturated rings. The lowest BCUT2D eigenvalue weighted by atomic mass is 9.69. The Morgan fingerprint density at radius 1 is 1.26 bits per heavy atom. The third-order valence-corrected chi connectivity index (χ3v) is 7.18. The summed E-state index contributed by atoms with van der Waals surface area (Å²) >= 11 is 0. The van der Waals surface area contributed by atoms with E-state index >= 15 is 0 Å². The smallest absolute Gasteiger partial charge is 0.101 e. The van der Waals surface area contributed by atoms with Crippen LogP contribution in [0, 0.1) is 21.7 Å². The number of fused-ring (bicyclic) bond motifs is 2. The van der Waals surface area contributed by atoms with Crippen molar-refractivity contribution in [3.05, 3.63) is 40.8 Å². The Hall–Kier alpha value is -1.42. The monoisotopic (exact) mass is 316 g/mol. The first kappa shape index (κ1) is 16.4. The van der Waals surface area contributed by atoms with Crippen LogP contribution in [-0.4, -0.2) is 22.2 Å². The second kappa shape index (κ2) is 5.59. The average molecular weight is 316 g/mol. The molecule has 3 rings (SSSR count). The van der Waals surface area contributed by atoms with Gasteiger partial charge in [0.2, 0.25) is 0 Å². The first-order chi connectivity index (χ1) is 10.8. The maximum atomic E-state index is 11.7. The average Bonchev–Trinajstić information content (AvgIpc) is 2.89. The molecule has 2 aliphatic rings. The van der Waals surface area contributed by atoms with Gasteiger partial charge in [-0.05, 0) is 48.5 Å². The molecule has 0 heterocycles. The van der Waals surface area contributed by atoms with E-state index in [1.807, 2.05) is 37.3 Å². The minimum Gasteiger partial charge on any atom is -0.386 e. The fraction of sp³-hybridized carbons (Fsp3) is 0.684. The molecule has 4 heteroatoms. The van der Waals surface area contributed by atoms with Crippen LogP contribution in [0.3, 0.4) is 0 Å². The third kappa shape index (κ3) is 2.30. The standard InChI is InChI=1S/C19H28N2O2/c1-13(17(22)14-8-6-5-7-9-14)21(20-23)16-12-15-10-11-19(16,4)18(15,2)3/h5-9,13,15-17,22H,10-12H2,1-4H3/t13-,15+,16+,17-,19-/m0/s1. The van der Waals surface area contributed by atoms with Gasteiger partial charge in [0.1, 0.15) is 6.10 Å². The Kier molecular flexibility index (Phi) is 3.99. The Morgan fingerprint density at radius 3 is 2.39 bits per heavy atom. The molecule has 2 saturated carbocycles. The molecule has 0 aromatic heterocycles. The van der Waals surface area contributed by atoms with Gasteiger partial charge < -0.3 is 5.11 Å². The minimum atomic E-state index is -0.709. The predicted molar refractivity (Wildman–Crippen MR) is 91.5 cm³/mol. The van der Waals surface area contributed by atoms with Gasteiger partial charge in [0, 0.05) is 0 Å². The zero-order valence-electron chi connectivity index (χ0n) is 14.6. The van der Waals surface area contributed by atoms with Crippen molar-refractivity contribution in [3.63, 3.8) is 0 Å². The van der Waals surface area contributed by atoms with E-state index in [1.165, 1.54) is 6.42 Å². The zero-order chi connectivity index (χ0) is 16.8. The number of nitroso groups, excluding NO2 is 1. The van der Waals surface area contributed by atoms with E-state index in [0.717, 1.165) is 18.4 Å². The van der Waals surface area contributed by atoms with Crippen molar-refractivity contribution >= 4 is 0 Å². The van der Waals surface area contributed by atoms with Crippen molar-refractivity contribution in [2.24, 2.45) is 22.0 Å². The van der Waals surface area contributed by atoms with Gasteiger partial charge in [0.05, 0.1) is 17.4 Å². The molecule has 23 heavy (non-hydrogen) atoms. The first-order valence-electron chi connectivity index (χ1n) is 8.67. The molecule has 5 atom stereocenters. The van der Waals surface area contributed by atoms with Gasteiger partial charge in [0.25, 0.3) is 0 Å². The summed E-state index contributed by atoms with van der Waals surface area (Å²) in [4.78, 5) is 11.7. The largest absolute Gasteiger partial charge is 0.386 e. The highest BCUT2D eigenvalue weighted by Gasteiger charge is 2.63. The normalized spacial score (nSPS) is 34.1. The van der Waals surface area contributed by atoms with Crippen molar-refractivity contribution in [2.45, 2.75) is 65.1 Å². The van der Waals surface area contributed by atoms with Crippen molar-refractivity contribution in [2.75, 3.05) is 0 Å². The summed E-state index contributed by atoms with van der Waals surface area (Å²) in [6, 6.07) is 9.33. The summed E-state index contributed by atoms with van der Waals surface area (Å²) < 4.78 is 0. The number of benzene rings is 1. The van der Waals surface area contributed by atoms with Gasteiger partial charge in [-0.2, -0.15) is 0 Å². The second-order valence-electron chi connectivity index (χ2n) is 8.18. The number of nitrogens with zero attached hydrogens (tertiary/aromatic N) is 2. The fourth-order valence-corrected chi connectivity index (χ4v) is 5.05. The highest BCUT2D eigenvalue weighted by atomic mass is 16.3. The van der Waals surface area contributed by atoms with Crippen LogP contribution in [0.1, 0.15) is 58.6 Å². The molecule has 0 radical (unpaired) electrons. The molecule has 0 spiro atoms. The fourth-order valence-electron chi connectivity index (χ4n) is 5.05. The van der Waals surface area contributed by atoms with Gasteiger partial charge >= 0.3 is 0 Å². The van der Waals surface area contributed by atoms with Gasteiger partial charge in [-0.15, -0.1) is 4.91 Å². The van der Waals surface area contributed by atoms with Crippen LogP contribution >= 0.6 is 0 Å². The Bertz CT molecular complexity index is 574. The van der Waals surface area contributed by atoms with Crippen LogP contribution in [0.2, 0.25) is 0 Å². The van der Waals surface area contributed by atoms with Crippen LogP contribution < -0.4 is 0 Å². The molecule has 0 amide bonds. The molecule has 126 valence electrons. The number of hydrogen-bond donors (Lipinski definition) is 1. The molecule has 1 aromatic carbocycles. The van der Waals surface area contributed by atoms with Gasteiger partial charge in [0.15, 0.2) is 0 Å². The molecule has 0 aliphatic heterocycles. The van der Waals surface area contributed by atoms with Gasteiger partial charge in [-0.3, -0.25) is 5.01 Å². The highest BCUT2D eigenvalue weighted by Crippen LogP contribution is 2.66. The highest BCUT2D eigenvalue weighted by molar-refractivity contribution is 5.20. The third-order valence-electron chi connectivity index (χ3n) is 7.18. The maximum absolute atomic E-state index is 11.7. The lowest BCUT2D eigenvalue weighted by molar-refractivity contribution is -0.0226. The van der Waals surface area contributed by atoms with Crippen LogP contribution in [0.5, 0.6) is 0 Å². The van der Waals surface area contributed by atoms with Crippen LogP contribution in [0.25, 0.3) is 0 Å². The van der Waals surface area contributed by atoms with E-state index in [-0.39, 0.29) is 22.9 Å². The summed E-state index contributed by atoms with van der Waals surface area (Å²) in [7, 11) is 0. The summed E-state index contributed by atoms with van der Waals surface area (Å²) in [6.07, 6.45) is 2.67. The van der Waals surface area contributed by atoms with Gasteiger partial charge in [-0.25, -0.2) is 0 Å². The quantitative estimate of drug-likeness (QED) is 0.650. The topological polar surface area (TPSA) is 52.9 Å². The molecule has 2 bridgehead atoms. The van der Waals surface area contributed by atoms with E-state index in [2.05, 4.69) is 26.1 Å². The molecular weight excluding hydrogens is 288 g/mol. The molecule has 4 nitrogen and oxygen atoms in total. The van der Waals surface area contributed by atoms with Crippen LogP contribution in [0.15, 0.2) is 35.6 Å². The number of rotatable bonds is 5. The molecule has 1 N–H and O–H groups in total. The maximum Gasteiger partial charge on any atom is 0.101 e. The molecular formula is C19H28N2O2. The van der Waals surface area contributed by atoms with Gasteiger partial charge in [-0.1, -0.05) is 51.1 Å². The van der Waals surface area contributed by atoms with Crippen LogP contribution in [0.4, 0.5) is 0 Å². The lowest BCUT2D eigenvalue weighted by Crippen LogP contribution is -2.49. The van der Waals surface area contributed by atoms with Crippen molar-refractivity contribution in [1.82, 2.24) is 5.01 Å². The van der Waals surface area contributed by atoms with E-state index in [9.17, 15) is 10.0 Å². The summed E-state index contributed by atoms with van der Waals surface area (Å²) in [5.41, 5.74) is 1.13. The van der Waals surface area contributed by atoms with E-state index in [4.69, 9.17) is 0 Å². The summed E-state index contributed by atoms with van der Waals surface area (Å²) in [5.74, 6) is 0.641. The Balaban J connectivity index is 1.85. The summed E-state index contributed by atoms with van der Waals surface area (Å²) in [6.45, 7) is 8.85. The molecule has 0 unspecified atom stereocenters. The second-order valence-corrected chi connectivity index (χ2v) is 8.18. The number of aliphatic hydroxyl groups excluding tert-OH is 1. The predicted octanol–water partition coefficient (Wildman–Crippen LogP) is 4.31. The van der Waals surface area contributed by atoms with E-state index < -0.39 is 6.10 Å².